The van der Waals surface area contributed by atoms with Gasteiger partial charge in [0.2, 0.25) is 11.8 Å². The Bertz CT molecular complexity index is 1150. The molecule has 1 saturated carbocycles. The lowest BCUT2D eigenvalue weighted by molar-refractivity contribution is -0.274. The number of carbonyl (C=O) groups excluding carboxylic acids is 3. The maximum absolute atomic E-state index is 13.4. The van der Waals surface area contributed by atoms with E-state index < -0.39 is 48.5 Å². The molecule has 206 valence electrons. The first-order valence-electron chi connectivity index (χ1n) is 12.4. The van der Waals surface area contributed by atoms with Crippen molar-refractivity contribution in [3.8, 4) is 17.6 Å². The molecular formula is C26H31F3N4O5. The molecule has 0 unspecified atom stereocenters. The lowest BCUT2D eigenvalue weighted by Crippen LogP contribution is -2.53. The Morgan fingerprint density at radius 3 is 2.39 bits per heavy atom. The van der Waals surface area contributed by atoms with Crippen molar-refractivity contribution in [2.75, 3.05) is 13.2 Å². The summed E-state index contributed by atoms with van der Waals surface area (Å²) in [6.45, 7) is 7.79. The van der Waals surface area contributed by atoms with Crippen LogP contribution in [0.4, 0.5) is 13.2 Å². The van der Waals surface area contributed by atoms with Crippen molar-refractivity contribution < 1.29 is 37.0 Å². The summed E-state index contributed by atoms with van der Waals surface area (Å²) in [4.78, 5) is 40.1. The van der Waals surface area contributed by atoms with Gasteiger partial charge in [0.1, 0.15) is 23.6 Å². The van der Waals surface area contributed by atoms with E-state index in [4.69, 9.17) is 4.74 Å². The summed E-state index contributed by atoms with van der Waals surface area (Å²) in [6.07, 6.45) is -4.10. The van der Waals surface area contributed by atoms with Crippen LogP contribution in [0.2, 0.25) is 0 Å². The van der Waals surface area contributed by atoms with Gasteiger partial charge in [0.25, 0.3) is 5.91 Å². The zero-order chi connectivity index (χ0) is 28.0. The number of likely N-dealkylation sites (tertiary alicyclic amines) is 1. The first-order valence-corrected chi connectivity index (χ1v) is 12.4. The second-order valence-electron chi connectivity index (χ2n) is 11.5. The molecule has 1 aliphatic carbocycles. The van der Waals surface area contributed by atoms with Crippen molar-refractivity contribution in [3.63, 3.8) is 0 Å². The van der Waals surface area contributed by atoms with Gasteiger partial charge in [-0.3, -0.25) is 14.4 Å². The summed E-state index contributed by atoms with van der Waals surface area (Å²) in [6, 6.07) is 5.04. The van der Waals surface area contributed by atoms with E-state index in [1.54, 1.807) is 0 Å². The Morgan fingerprint density at radius 1 is 1.21 bits per heavy atom. The summed E-state index contributed by atoms with van der Waals surface area (Å²) < 4.78 is 46.3. The van der Waals surface area contributed by atoms with E-state index in [9.17, 15) is 32.8 Å². The van der Waals surface area contributed by atoms with Gasteiger partial charge in [-0.15, -0.1) is 13.2 Å². The average Bonchev–Trinajstić information content (AvgIpc) is 3.10. The van der Waals surface area contributed by atoms with Crippen LogP contribution in [0, 0.1) is 34.5 Å². The van der Waals surface area contributed by atoms with E-state index in [1.807, 2.05) is 27.7 Å². The number of hydrogen-bond donors (Lipinski definition) is 2. The molecule has 5 atom stereocenters. The highest BCUT2D eigenvalue weighted by Gasteiger charge is 2.69. The second-order valence-corrected chi connectivity index (χ2v) is 11.5. The molecule has 2 N–H and O–H groups in total. The summed E-state index contributed by atoms with van der Waals surface area (Å²) in [5.74, 6) is -1.67. The van der Waals surface area contributed by atoms with Gasteiger partial charge in [0.05, 0.1) is 6.07 Å². The quantitative estimate of drug-likeness (QED) is 0.527. The number of rotatable bonds is 8. The number of fused-ring (bicyclic) bond motifs is 1. The molecule has 0 spiro atoms. The molecule has 3 aliphatic rings. The fourth-order valence-electron chi connectivity index (χ4n) is 5.88. The topological polar surface area (TPSA) is 121 Å². The zero-order valence-corrected chi connectivity index (χ0v) is 21.6. The minimum atomic E-state index is -4.82. The van der Waals surface area contributed by atoms with Crippen molar-refractivity contribution in [3.05, 3.63) is 24.3 Å². The smallest absolute Gasteiger partial charge is 0.484 e. The van der Waals surface area contributed by atoms with Crippen molar-refractivity contribution >= 4 is 17.7 Å². The normalized spacial score (nSPS) is 27.5. The van der Waals surface area contributed by atoms with Gasteiger partial charge in [-0.05, 0) is 68.2 Å². The number of carbonyl (C=O) groups is 3. The van der Waals surface area contributed by atoms with Crippen LogP contribution in [0.15, 0.2) is 24.3 Å². The summed E-state index contributed by atoms with van der Waals surface area (Å²) in [5.41, 5.74) is -0.525. The highest BCUT2D eigenvalue weighted by Crippen LogP contribution is 2.64. The van der Waals surface area contributed by atoms with Gasteiger partial charge in [-0.2, -0.15) is 5.26 Å². The SMILES string of the molecule is CC1(C)C[C@@H](C[C@@H](C#N)NC(=O)[C@@H]2[C@@H]3[C@H](CN2C(=O)COc2ccc(OC(F)(F)F)cc2)C3(C)C)C(=O)N1. The molecule has 2 aliphatic heterocycles. The highest BCUT2D eigenvalue weighted by atomic mass is 19.4. The second kappa shape index (κ2) is 9.67. The minimum Gasteiger partial charge on any atom is -0.484 e. The Balaban J connectivity index is 1.38. The van der Waals surface area contributed by atoms with Gasteiger partial charge in [-0.1, -0.05) is 13.8 Å². The average molecular weight is 537 g/mol. The Hall–Kier alpha value is -3.49. The molecule has 9 nitrogen and oxygen atoms in total. The molecule has 3 amide bonds. The third-order valence-electron chi connectivity index (χ3n) is 7.80. The van der Waals surface area contributed by atoms with Crippen molar-refractivity contribution in [1.29, 1.82) is 5.26 Å². The van der Waals surface area contributed by atoms with Crippen LogP contribution < -0.4 is 20.1 Å². The maximum atomic E-state index is 13.4. The van der Waals surface area contributed by atoms with Gasteiger partial charge < -0.3 is 25.0 Å². The van der Waals surface area contributed by atoms with E-state index in [1.165, 1.54) is 17.0 Å². The molecule has 4 rings (SSSR count). The minimum absolute atomic E-state index is 0.0849. The predicted molar refractivity (Wildman–Crippen MR) is 127 cm³/mol. The zero-order valence-electron chi connectivity index (χ0n) is 21.6. The van der Waals surface area contributed by atoms with Crippen molar-refractivity contribution in [2.24, 2.45) is 23.2 Å². The summed E-state index contributed by atoms with van der Waals surface area (Å²) in [7, 11) is 0. The molecule has 3 fully saturated rings. The number of halogens is 3. The standard InChI is InChI=1S/C26H31F3N4O5/c1-24(2)10-14(22(35)32-24)9-15(11-30)31-23(36)21-20-18(25(20,3)4)12-33(21)19(34)13-37-16-5-7-17(8-6-16)38-26(27,28)29/h5-8,14-15,18,20-21H,9-10,12-13H2,1-4H3,(H,31,36)(H,32,35)/t14-,15+,18+,20+,21+/m1/s1. The lowest BCUT2D eigenvalue weighted by Gasteiger charge is -2.30. The number of nitrogens with one attached hydrogen (secondary N) is 2. The van der Waals surface area contributed by atoms with Crippen molar-refractivity contribution in [2.45, 2.75) is 64.5 Å². The van der Waals surface area contributed by atoms with Crippen LogP contribution >= 0.6 is 0 Å². The maximum Gasteiger partial charge on any atom is 0.573 e. The molecule has 0 bridgehead atoms. The van der Waals surface area contributed by atoms with Crippen LogP contribution in [0.3, 0.4) is 0 Å². The lowest BCUT2D eigenvalue weighted by atomic mass is 9.91. The number of nitriles is 1. The number of hydrogen-bond acceptors (Lipinski definition) is 6. The molecular weight excluding hydrogens is 505 g/mol. The van der Waals surface area contributed by atoms with Crippen LogP contribution in [0.5, 0.6) is 11.5 Å². The third kappa shape index (κ3) is 5.81. The van der Waals surface area contributed by atoms with Gasteiger partial charge in [0, 0.05) is 18.0 Å². The Labute approximate surface area is 218 Å². The summed E-state index contributed by atoms with van der Waals surface area (Å²) in [5, 5.41) is 15.3. The molecule has 2 saturated heterocycles. The monoisotopic (exact) mass is 536 g/mol. The number of piperidine rings is 1. The van der Waals surface area contributed by atoms with Crippen LogP contribution in [0.25, 0.3) is 0 Å². The third-order valence-corrected chi connectivity index (χ3v) is 7.80. The number of nitrogens with zero attached hydrogens (tertiary/aromatic N) is 2. The molecule has 0 radical (unpaired) electrons. The van der Waals surface area contributed by atoms with E-state index in [-0.39, 0.29) is 40.9 Å². The first-order chi connectivity index (χ1) is 17.6. The van der Waals surface area contributed by atoms with Gasteiger partial charge in [0.15, 0.2) is 6.61 Å². The molecule has 12 heteroatoms. The van der Waals surface area contributed by atoms with Crippen LogP contribution in [0.1, 0.15) is 40.5 Å². The van der Waals surface area contributed by atoms with Crippen molar-refractivity contribution in [1.82, 2.24) is 15.5 Å². The summed E-state index contributed by atoms with van der Waals surface area (Å²) >= 11 is 0. The van der Waals surface area contributed by atoms with Crippen LogP contribution in [-0.2, 0) is 14.4 Å². The van der Waals surface area contributed by atoms with E-state index in [0.29, 0.717) is 13.0 Å². The molecule has 1 aromatic rings. The molecule has 2 heterocycles. The predicted octanol–water partition coefficient (Wildman–Crippen LogP) is 2.76. The number of amides is 3. The number of ether oxygens (including phenoxy) is 2. The van der Waals surface area contributed by atoms with Crippen LogP contribution in [-0.4, -0.2) is 59.8 Å². The fraction of sp³-hybridized carbons (Fsp3) is 0.615. The molecule has 1 aromatic carbocycles. The first kappa shape index (κ1) is 27.5. The Morgan fingerprint density at radius 2 is 1.84 bits per heavy atom. The van der Waals surface area contributed by atoms with E-state index in [2.05, 4.69) is 21.4 Å². The Kier molecular flexibility index (Phi) is 7.01. The van der Waals surface area contributed by atoms with Gasteiger partial charge >= 0.3 is 6.36 Å². The number of benzene rings is 1. The fourth-order valence-corrected chi connectivity index (χ4v) is 5.88. The molecule has 38 heavy (non-hydrogen) atoms. The van der Waals surface area contributed by atoms with Gasteiger partial charge in [-0.25, -0.2) is 0 Å². The highest BCUT2D eigenvalue weighted by molar-refractivity contribution is 5.90. The van der Waals surface area contributed by atoms with E-state index in [0.717, 1.165) is 12.1 Å². The number of alkyl halides is 3. The largest absolute Gasteiger partial charge is 0.573 e. The van der Waals surface area contributed by atoms with E-state index >= 15 is 0 Å². The molecule has 0 aromatic heterocycles.